The van der Waals surface area contributed by atoms with Crippen molar-refractivity contribution in [1.82, 2.24) is 19.4 Å². The molecule has 0 fully saturated rings. The zero-order valence-electron chi connectivity index (χ0n) is 18.8. The molecule has 9 rings (SSSR count). The Morgan fingerprint density at radius 1 is 0.657 bits per heavy atom. The Balaban J connectivity index is 1.47. The Hall–Kier alpha value is -4.57. The van der Waals surface area contributed by atoms with Gasteiger partial charge in [-0.1, -0.05) is 48.5 Å². The highest BCUT2D eigenvalue weighted by Crippen LogP contribution is 2.50. The number of nitrogens with zero attached hydrogens (tertiary/aromatic N) is 4. The van der Waals surface area contributed by atoms with E-state index in [4.69, 9.17) is 4.98 Å². The maximum Gasteiger partial charge on any atom is 0.165 e. The lowest BCUT2D eigenvalue weighted by Gasteiger charge is -2.13. The second kappa shape index (κ2) is 6.10. The summed E-state index contributed by atoms with van der Waals surface area (Å²) in [6.07, 6.45) is 7.67. The van der Waals surface area contributed by atoms with Crippen LogP contribution in [0.1, 0.15) is 22.3 Å². The smallest absolute Gasteiger partial charge is 0.165 e. The van der Waals surface area contributed by atoms with Crippen LogP contribution < -0.4 is 0 Å². The largest absolute Gasteiger partial charge is 0.274 e. The first-order chi connectivity index (χ1) is 17.4. The van der Waals surface area contributed by atoms with E-state index < -0.39 is 0 Å². The summed E-state index contributed by atoms with van der Waals surface area (Å²) in [5, 5.41) is 3.62. The summed E-state index contributed by atoms with van der Waals surface area (Å²) in [7, 11) is 0. The van der Waals surface area contributed by atoms with E-state index in [-0.39, 0.29) is 0 Å². The van der Waals surface area contributed by atoms with E-state index in [1.165, 1.54) is 55.3 Å². The molecule has 0 spiro atoms. The molecule has 4 aromatic heterocycles. The molecule has 4 heterocycles. The van der Waals surface area contributed by atoms with Crippen molar-refractivity contribution in [3.63, 3.8) is 0 Å². The second-order valence-electron chi connectivity index (χ2n) is 9.67. The van der Waals surface area contributed by atoms with Crippen LogP contribution in [0.4, 0.5) is 0 Å². The third-order valence-corrected chi connectivity index (χ3v) is 7.96. The predicted molar refractivity (Wildman–Crippen MR) is 140 cm³/mol. The molecule has 2 aliphatic rings. The summed E-state index contributed by atoms with van der Waals surface area (Å²) in [5.41, 5.74) is 15.1. The van der Waals surface area contributed by atoms with Crippen molar-refractivity contribution in [1.29, 1.82) is 0 Å². The Bertz CT molecular complexity index is 2070. The fraction of sp³-hybridized carbons (Fsp3) is 0.0645. The molecule has 0 atom stereocenters. The number of rotatable bonds is 0. The molecule has 4 nitrogen and oxygen atoms in total. The fourth-order valence-electron chi connectivity index (χ4n) is 6.57. The molecule has 162 valence electrons. The van der Waals surface area contributed by atoms with Gasteiger partial charge < -0.3 is 0 Å². The fourth-order valence-corrected chi connectivity index (χ4v) is 6.57. The molecule has 3 aromatic carbocycles. The molecule has 0 unspecified atom stereocenters. The highest BCUT2D eigenvalue weighted by atomic mass is 15.1. The number of benzene rings is 3. The summed E-state index contributed by atoms with van der Waals surface area (Å²) in [4.78, 5) is 14.2. The van der Waals surface area contributed by atoms with E-state index in [0.29, 0.717) is 0 Å². The number of imidazole rings is 1. The van der Waals surface area contributed by atoms with Gasteiger partial charge in [0.2, 0.25) is 0 Å². The Labute approximate surface area is 200 Å². The van der Waals surface area contributed by atoms with Crippen molar-refractivity contribution < 1.29 is 0 Å². The third-order valence-electron chi connectivity index (χ3n) is 7.96. The van der Waals surface area contributed by atoms with Crippen LogP contribution in [-0.2, 0) is 12.8 Å². The van der Waals surface area contributed by atoms with Crippen LogP contribution in [0.25, 0.3) is 60.7 Å². The van der Waals surface area contributed by atoms with Crippen LogP contribution in [-0.4, -0.2) is 19.4 Å². The molecule has 35 heavy (non-hydrogen) atoms. The van der Waals surface area contributed by atoms with Crippen molar-refractivity contribution in [3.8, 4) is 22.3 Å². The molecule has 0 saturated carbocycles. The van der Waals surface area contributed by atoms with Crippen molar-refractivity contribution in [3.05, 3.63) is 108 Å². The molecule has 2 aliphatic carbocycles. The average Bonchev–Trinajstić information content (AvgIpc) is 3.59. The van der Waals surface area contributed by atoms with Gasteiger partial charge in [-0.2, -0.15) is 0 Å². The van der Waals surface area contributed by atoms with Gasteiger partial charge in [-0.3, -0.25) is 9.38 Å². The quantitative estimate of drug-likeness (QED) is 0.243. The molecule has 4 heteroatoms. The first kappa shape index (κ1) is 17.8. The van der Waals surface area contributed by atoms with E-state index in [0.717, 1.165) is 40.6 Å². The third kappa shape index (κ3) is 2.11. The molecule has 0 amide bonds. The summed E-state index contributed by atoms with van der Waals surface area (Å²) < 4.78 is 2.17. The lowest BCUT2D eigenvalue weighted by atomic mass is 9.93. The van der Waals surface area contributed by atoms with Crippen molar-refractivity contribution >= 4 is 38.5 Å². The zero-order chi connectivity index (χ0) is 22.7. The molecule has 0 radical (unpaired) electrons. The maximum atomic E-state index is 5.04. The SMILES string of the molecule is c1ccc2c(c1)Cc1ccc3c(c1-2)Cc1ccc2c(c1-3)c1ccncc1n1c3ncccc3nc21. The molecular formula is C31H18N4. The van der Waals surface area contributed by atoms with E-state index in [2.05, 4.69) is 69.0 Å². The highest BCUT2D eigenvalue weighted by molar-refractivity contribution is 6.20. The minimum absolute atomic E-state index is 0.873. The minimum Gasteiger partial charge on any atom is -0.274 e. The Kier molecular flexibility index (Phi) is 3.11. The van der Waals surface area contributed by atoms with E-state index in [1.54, 1.807) is 0 Å². The number of fused-ring (bicyclic) bond motifs is 16. The molecule has 0 saturated heterocycles. The van der Waals surface area contributed by atoms with Crippen LogP contribution in [0.2, 0.25) is 0 Å². The predicted octanol–water partition coefficient (Wildman–Crippen LogP) is 6.73. The van der Waals surface area contributed by atoms with Gasteiger partial charge in [0.05, 0.1) is 11.7 Å². The van der Waals surface area contributed by atoms with Crippen LogP contribution >= 0.6 is 0 Å². The van der Waals surface area contributed by atoms with Crippen molar-refractivity contribution in [2.75, 3.05) is 0 Å². The van der Waals surface area contributed by atoms with Crippen LogP contribution in [0.3, 0.4) is 0 Å². The lowest BCUT2D eigenvalue weighted by Crippen LogP contribution is -1.95. The van der Waals surface area contributed by atoms with Crippen LogP contribution in [0.15, 0.2) is 85.3 Å². The molecule has 0 aliphatic heterocycles. The lowest BCUT2D eigenvalue weighted by molar-refractivity contribution is 1.22. The first-order valence-corrected chi connectivity index (χ1v) is 12.0. The molecule has 0 N–H and O–H groups in total. The van der Waals surface area contributed by atoms with Crippen molar-refractivity contribution in [2.24, 2.45) is 0 Å². The van der Waals surface area contributed by atoms with E-state index >= 15 is 0 Å². The van der Waals surface area contributed by atoms with Gasteiger partial charge in [-0.05, 0) is 75.5 Å². The highest BCUT2D eigenvalue weighted by Gasteiger charge is 2.30. The summed E-state index contributed by atoms with van der Waals surface area (Å²) in [6.45, 7) is 0. The maximum absolute atomic E-state index is 5.04. The van der Waals surface area contributed by atoms with Gasteiger partial charge in [0, 0.05) is 28.6 Å². The first-order valence-electron chi connectivity index (χ1n) is 12.0. The number of pyridine rings is 3. The normalized spacial score (nSPS) is 13.5. The summed E-state index contributed by atoms with van der Waals surface area (Å²) >= 11 is 0. The van der Waals surface area contributed by atoms with Gasteiger partial charge in [0.15, 0.2) is 5.65 Å². The van der Waals surface area contributed by atoms with Gasteiger partial charge in [0.25, 0.3) is 0 Å². The van der Waals surface area contributed by atoms with Crippen molar-refractivity contribution in [2.45, 2.75) is 12.8 Å². The Morgan fingerprint density at radius 2 is 1.57 bits per heavy atom. The topological polar surface area (TPSA) is 43.1 Å². The van der Waals surface area contributed by atoms with E-state index in [9.17, 15) is 0 Å². The Morgan fingerprint density at radius 3 is 2.57 bits per heavy atom. The van der Waals surface area contributed by atoms with E-state index in [1.807, 2.05) is 30.7 Å². The molecule has 7 aromatic rings. The minimum atomic E-state index is 0.873. The summed E-state index contributed by atoms with van der Waals surface area (Å²) in [6, 6.07) is 24.3. The van der Waals surface area contributed by atoms with Gasteiger partial charge >= 0.3 is 0 Å². The van der Waals surface area contributed by atoms with Gasteiger partial charge in [0.1, 0.15) is 11.2 Å². The standard InChI is InChI=1S/C31H18N4/c1-2-5-20-17(4-1)14-18-7-9-21-24(27(18)20)15-19-8-10-23-29(28(19)21)22-11-13-32-16-26(22)35-30(23)34-25-6-3-12-33-31(25)35/h1-13,16H,14-15H2. The number of hydrogen-bond acceptors (Lipinski definition) is 3. The number of aromatic nitrogens is 4. The number of hydrogen-bond donors (Lipinski definition) is 0. The molecular weight excluding hydrogens is 428 g/mol. The van der Waals surface area contributed by atoms with Crippen LogP contribution in [0, 0.1) is 0 Å². The monoisotopic (exact) mass is 446 g/mol. The average molecular weight is 447 g/mol. The van der Waals surface area contributed by atoms with Gasteiger partial charge in [-0.15, -0.1) is 0 Å². The second-order valence-corrected chi connectivity index (χ2v) is 9.67. The van der Waals surface area contributed by atoms with Gasteiger partial charge in [-0.25, -0.2) is 9.97 Å². The zero-order valence-corrected chi connectivity index (χ0v) is 18.8. The molecule has 0 bridgehead atoms. The van der Waals surface area contributed by atoms with Crippen LogP contribution in [0.5, 0.6) is 0 Å². The summed E-state index contributed by atoms with van der Waals surface area (Å²) in [5.74, 6) is 0.